The fraction of sp³-hybridized carbons (Fsp3) is 0.462. The minimum atomic E-state index is -1.03. The van der Waals surface area contributed by atoms with E-state index >= 15 is 0 Å². The first-order chi connectivity index (χ1) is 25.8. The van der Waals surface area contributed by atoms with E-state index in [0.717, 1.165) is 21.5 Å². The third-order valence-corrected chi connectivity index (χ3v) is 9.08. The van der Waals surface area contributed by atoms with E-state index in [-0.39, 0.29) is 128 Å². The average molecular weight is 751 g/mol. The van der Waals surface area contributed by atoms with E-state index in [2.05, 4.69) is 11.4 Å². The van der Waals surface area contributed by atoms with Gasteiger partial charge in [0.2, 0.25) is 0 Å². The number of carbonyl (C=O) groups is 7. The van der Waals surface area contributed by atoms with Crippen molar-refractivity contribution in [3.05, 3.63) is 60.2 Å². The summed E-state index contributed by atoms with van der Waals surface area (Å²) in [7, 11) is 0. The number of benzene rings is 3. The zero-order valence-corrected chi connectivity index (χ0v) is 30.4. The smallest absolute Gasteiger partial charge is 0.304 e. The molecule has 0 fully saturated rings. The monoisotopic (exact) mass is 750 g/mol. The van der Waals surface area contributed by atoms with Crippen LogP contribution < -0.4 is 5.32 Å². The Balaban J connectivity index is 1.59. The summed E-state index contributed by atoms with van der Waals surface area (Å²) in [5.41, 5.74) is 0.486. The van der Waals surface area contributed by atoms with Gasteiger partial charge in [-0.25, -0.2) is 0 Å². The van der Waals surface area contributed by atoms with Crippen LogP contribution in [-0.2, 0) is 28.8 Å². The number of carboxylic acid groups (broad SMARTS) is 4. The van der Waals surface area contributed by atoms with Gasteiger partial charge in [-0.2, -0.15) is 0 Å². The van der Waals surface area contributed by atoms with Crippen molar-refractivity contribution in [1.29, 1.82) is 0 Å². The number of fused-ring (bicyclic) bond motifs is 2. The molecule has 5 N–H and O–H groups in total. The number of amides is 1. The Morgan fingerprint density at radius 3 is 1.19 bits per heavy atom. The SMILES string of the molecule is O=C(O)CCN(CCC(=O)O)CCC(=O)CCN(CCNC(=O)c1ccc2cc3ccccc3cc2c1)CCC(=O)CCN(CCC(=O)O)CCC(=O)O. The van der Waals surface area contributed by atoms with Crippen LogP contribution in [0.5, 0.6) is 0 Å². The summed E-state index contributed by atoms with van der Waals surface area (Å²) in [6.07, 6.45) is -0.342. The Bertz CT molecular complexity index is 1680. The maximum atomic E-state index is 13.2. The minimum absolute atomic E-state index is 0.0858. The summed E-state index contributed by atoms with van der Waals surface area (Å²) < 4.78 is 0. The van der Waals surface area contributed by atoms with Crippen LogP contribution in [0, 0.1) is 0 Å². The van der Waals surface area contributed by atoms with Crippen LogP contribution in [0.25, 0.3) is 21.5 Å². The molecule has 15 nitrogen and oxygen atoms in total. The Morgan fingerprint density at radius 2 is 0.778 bits per heavy atom. The van der Waals surface area contributed by atoms with E-state index in [0.29, 0.717) is 12.1 Å². The molecule has 0 unspecified atom stereocenters. The van der Waals surface area contributed by atoms with Crippen LogP contribution in [0.3, 0.4) is 0 Å². The van der Waals surface area contributed by atoms with Gasteiger partial charge in [0.15, 0.2) is 0 Å². The zero-order chi connectivity index (χ0) is 39.5. The number of hydrogen-bond donors (Lipinski definition) is 5. The minimum Gasteiger partial charge on any atom is -0.481 e. The lowest BCUT2D eigenvalue weighted by atomic mass is 10.0. The highest BCUT2D eigenvalue weighted by Gasteiger charge is 2.17. The number of rotatable bonds is 28. The third kappa shape index (κ3) is 16.6. The van der Waals surface area contributed by atoms with Crippen LogP contribution in [0.2, 0.25) is 0 Å². The van der Waals surface area contributed by atoms with E-state index < -0.39 is 23.9 Å². The number of carboxylic acids is 4. The Hall–Kier alpha value is -5.25. The summed E-state index contributed by atoms with van der Waals surface area (Å²) in [4.78, 5) is 88.3. The number of carbonyl (C=O) groups excluding carboxylic acids is 3. The van der Waals surface area contributed by atoms with Crippen molar-refractivity contribution in [2.75, 3.05) is 65.4 Å². The second-order valence-electron chi connectivity index (χ2n) is 13.2. The number of ketones is 2. The van der Waals surface area contributed by atoms with Crippen LogP contribution in [0.4, 0.5) is 0 Å². The molecular formula is C39H50N4O11. The van der Waals surface area contributed by atoms with Crippen molar-refractivity contribution in [2.24, 2.45) is 0 Å². The molecule has 3 aromatic carbocycles. The van der Waals surface area contributed by atoms with Crippen LogP contribution in [0.15, 0.2) is 54.6 Å². The highest BCUT2D eigenvalue weighted by Crippen LogP contribution is 2.23. The van der Waals surface area contributed by atoms with Gasteiger partial charge in [0.1, 0.15) is 11.6 Å². The Labute approximate surface area is 313 Å². The van der Waals surface area contributed by atoms with Gasteiger partial charge in [-0.05, 0) is 45.8 Å². The summed E-state index contributed by atoms with van der Waals surface area (Å²) in [6, 6.07) is 17.6. The van der Waals surface area contributed by atoms with Gasteiger partial charge in [-0.15, -0.1) is 0 Å². The van der Waals surface area contributed by atoms with Crippen molar-refractivity contribution in [3.8, 4) is 0 Å². The first kappa shape index (κ1) is 43.2. The van der Waals surface area contributed by atoms with Crippen molar-refractivity contribution >= 4 is 62.9 Å². The normalized spacial score (nSPS) is 11.4. The molecule has 54 heavy (non-hydrogen) atoms. The van der Waals surface area contributed by atoms with Crippen LogP contribution in [-0.4, -0.2) is 142 Å². The van der Waals surface area contributed by atoms with Crippen molar-refractivity contribution in [2.45, 2.75) is 51.4 Å². The molecule has 3 rings (SSSR count). The van der Waals surface area contributed by atoms with Gasteiger partial charge < -0.3 is 40.4 Å². The van der Waals surface area contributed by atoms with E-state index in [1.165, 1.54) is 0 Å². The summed E-state index contributed by atoms with van der Waals surface area (Å²) in [5, 5.41) is 43.2. The van der Waals surface area contributed by atoms with E-state index in [4.69, 9.17) is 20.4 Å². The first-order valence-electron chi connectivity index (χ1n) is 18.1. The second kappa shape index (κ2) is 22.7. The van der Waals surface area contributed by atoms with Crippen LogP contribution in [0.1, 0.15) is 61.7 Å². The van der Waals surface area contributed by atoms with Crippen LogP contribution >= 0.6 is 0 Å². The molecule has 3 aromatic rings. The quantitative estimate of drug-likeness (QED) is 0.0673. The molecule has 0 aliphatic rings. The standard InChI is InChI=1S/C39H50N4O11/c44-33(7-16-41(20-11-35(46)47)21-12-36(48)49)9-18-43(19-10-34(45)8-17-42(22-13-37(50)51)23-14-38(52)53)24-15-40-39(54)31-6-5-30-25-28-3-1-2-4-29(28)26-32(30)27-31/h1-6,25-27H,7-24H2,(H,40,54)(H,46,47)(H,48,49)(H,50,51)(H,52,53). The lowest BCUT2D eigenvalue weighted by molar-refractivity contribution is -0.139. The molecule has 0 bridgehead atoms. The van der Waals surface area contributed by atoms with Gasteiger partial charge >= 0.3 is 23.9 Å². The Kier molecular flexibility index (Phi) is 18.2. The van der Waals surface area contributed by atoms with Crippen molar-refractivity contribution < 1.29 is 54.0 Å². The fourth-order valence-electron chi connectivity index (χ4n) is 5.91. The van der Waals surface area contributed by atoms with Gasteiger partial charge in [-0.1, -0.05) is 30.3 Å². The molecule has 1 amide bonds. The molecule has 15 heteroatoms. The summed E-state index contributed by atoms with van der Waals surface area (Å²) >= 11 is 0. The van der Waals surface area contributed by atoms with Gasteiger partial charge in [0.25, 0.3) is 5.91 Å². The number of hydrogen-bond acceptors (Lipinski definition) is 10. The van der Waals surface area contributed by atoms with E-state index in [1.54, 1.807) is 15.9 Å². The molecule has 0 saturated heterocycles. The topological polar surface area (TPSA) is 222 Å². The highest BCUT2D eigenvalue weighted by atomic mass is 16.4. The largest absolute Gasteiger partial charge is 0.481 e. The maximum absolute atomic E-state index is 13.2. The predicted molar refractivity (Wildman–Crippen MR) is 201 cm³/mol. The summed E-state index contributed by atoms with van der Waals surface area (Å²) in [6.45, 7) is 1.97. The number of nitrogens with one attached hydrogen (secondary N) is 1. The van der Waals surface area contributed by atoms with E-state index in [1.807, 2.05) is 47.4 Å². The van der Waals surface area contributed by atoms with Gasteiger partial charge in [0, 0.05) is 96.7 Å². The first-order valence-corrected chi connectivity index (χ1v) is 18.1. The molecule has 0 aliphatic heterocycles. The fourth-order valence-corrected chi connectivity index (χ4v) is 5.91. The van der Waals surface area contributed by atoms with Gasteiger partial charge in [0.05, 0.1) is 25.7 Å². The lowest BCUT2D eigenvalue weighted by Gasteiger charge is -2.24. The molecule has 0 radical (unpaired) electrons. The molecular weight excluding hydrogens is 700 g/mol. The molecule has 292 valence electrons. The number of nitrogens with zero attached hydrogens (tertiary/aromatic N) is 3. The zero-order valence-electron chi connectivity index (χ0n) is 30.4. The summed E-state index contributed by atoms with van der Waals surface area (Å²) in [5.74, 6) is -4.63. The number of Topliss-reactive ketones (excluding diaryl/α,β-unsaturated/α-hetero) is 2. The molecule has 0 saturated carbocycles. The van der Waals surface area contributed by atoms with Gasteiger partial charge in [-0.3, -0.25) is 33.6 Å². The molecule has 0 aromatic heterocycles. The number of aliphatic carboxylic acids is 4. The van der Waals surface area contributed by atoms with Crippen molar-refractivity contribution in [3.63, 3.8) is 0 Å². The third-order valence-electron chi connectivity index (χ3n) is 9.08. The molecule has 0 heterocycles. The van der Waals surface area contributed by atoms with Crippen molar-refractivity contribution in [1.82, 2.24) is 20.0 Å². The predicted octanol–water partition coefficient (Wildman–Crippen LogP) is 3.23. The maximum Gasteiger partial charge on any atom is 0.304 e. The second-order valence-corrected chi connectivity index (χ2v) is 13.2. The molecule has 0 atom stereocenters. The average Bonchev–Trinajstić information content (AvgIpc) is 3.13. The molecule has 0 spiro atoms. The lowest BCUT2D eigenvalue weighted by Crippen LogP contribution is -2.37. The highest BCUT2D eigenvalue weighted by molar-refractivity contribution is 6.03. The Morgan fingerprint density at radius 1 is 0.426 bits per heavy atom. The van der Waals surface area contributed by atoms with E-state index in [9.17, 15) is 33.6 Å². The molecule has 0 aliphatic carbocycles.